The van der Waals surface area contributed by atoms with Crippen LogP contribution in [0.1, 0.15) is 12.7 Å². The van der Waals surface area contributed by atoms with Crippen molar-refractivity contribution in [1.82, 2.24) is 5.32 Å². The van der Waals surface area contributed by atoms with Crippen LogP contribution in [0.5, 0.6) is 0 Å². The van der Waals surface area contributed by atoms with E-state index >= 15 is 0 Å². The molecule has 0 aliphatic carbocycles. The SMILES string of the molecule is CSC(CO)C(C)NCc1ccc(Br)o1. The highest BCUT2D eigenvalue weighted by molar-refractivity contribution is 9.10. The summed E-state index contributed by atoms with van der Waals surface area (Å²) in [6.07, 6.45) is 2.00. The molecule has 0 fully saturated rings. The van der Waals surface area contributed by atoms with E-state index in [0.29, 0.717) is 6.54 Å². The molecule has 86 valence electrons. The van der Waals surface area contributed by atoms with E-state index in [4.69, 9.17) is 9.52 Å². The first kappa shape index (κ1) is 13.1. The second-order valence-electron chi connectivity index (χ2n) is 3.33. The fourth-order valence-electron chi connectivity index (χ4n) is 1.28. The lowest BCUT2D eigenvalue weighted by molar-refractivity contribution is 0.274. The maximum atomic E-state index is 9.11. The lowest BCUT2D eigenvalue weighted by atomic mass is 10.2. The molecule has 0 spiro atoms. The molecule has 0 aliphatic heterocycles. The number of nitrogens with one attached hydrogen (secondary N) is 1. The molecule has 0 saturated heterocycles. The Kier molecular flexibility index (Phi) is 5.74. The van der Waals surface area contributed by atoms with E-state index in [1.807, 2.05) is 18.4 Å². The summed E-state index contributed by atoms with van der Waals surface area (Å²) in [6.45, 7) is 2.94. The Balaban J connectivity index is 2.36. The average molecular weight is 294 g/mol. The van der Waals surface area contributed by atoms with Crippen LogP contribution in [-0.4, -0.2) is 29.3 Å². The van der Waals surface area contributed by atoms with Crippen LogP contribution in [0.3, 0.4) is 0 Å². The van der Waals surface area contributed by atoms with Gasteiger partial charge in [-0.1, -0.05) is 0 Å². The smallest absolute Gasteiger partial charge is 0.169 e. The van der Waals surface area contributed by atoms with Gasteiger partial charge in [0.15, 0.2) is 4.67 Å². The van der Waals surface area contributed by atoms with Crippen LogP contribution in [0.25, 0.3) is 0 Å². The topological polar surface area (TPSA) is 45.4 Å². The minimum Gasteiger partial charge on any atom is -0.453 e. The zero-order valence-corrected chi connectivity index (χ0v) is 11.3. The Morgan fingerprint density at radius 2 is 2.33 bits per heavy atom. The molecule has 1 heterocycles. The van der Waals surface area contributed by atoms with Crippen molar-refractivity contribution in [2.75, 3.05) is 12.9 Å². The molecule has 0 saturated carbocycles. The summed E-state index contributed by atoms with van der Waals surface area (Å²) in [7, 11) is 0. The van der Waals surface area contributed by atoms with Crippen LogP contribution in [0.4, 0.5) is 0 Å². The summed E-state index contributed by atoms with van der Waals surface area (Å²) in [4.78, 5) is 0. The molecular formula is C10H16BrNO2S. The number of thioether (sulfide) groups is 1. The zero-order chi connectivity index (χ0) is 11.3. The number of rotatable bonds is 6. The van der Waals surface area contributed by atoms with E-state index < -0.39 is 0 Å². The molecule has 1 aromatic heterocycles. The molecule has 0 radical (unpaired) electrons. The number of furan rings is 1. The van der Waals surface area contributed by atoms with Crippen LogP contribution < -0.4 is 5.32 Å². The van der Waals surface area contributed by atoms with Gasteiger partial charge in [0.05, 0.1) is 13.2 Å². The minimum absolute atomic E-state index is 0.192. The standard InChI is InChI=1S/C10H16BrNO2S/c1-7(9(6-13)15-2)12-5-8-3-4-10(11)14-8/h3-4,7,9,12-13H,5-6H2,1-2H3. The van der Waals surface area contributed by atoms with Crippen molar-refractivity contribution in [1.29, 1.82) is 0 Å². The Morgan fingerprint density at radius 3 is 2.80 bits per heavy atom. The monoisotopic (exact) mass is 293 g/mol. The number of aliphatic hydroxyl groups is 1. The average Bonchev–Trinajstić information content (AvgIpc) is 2.63. The molecule has 2 unspecified atom stereocenters. The third-order valence-electron chi connectivity index (χ3n) is 2.27. The number of hydrogen-bond acceptors (Lipinski definition) is 4. The summed E-state index contributed by atoms with van der Waals surface area (Å²) >= 11 is 4.92. The normalized spacial score (nSPS) is 15.2. The van der Waals surface area contributed by atoms with Crippen LogP contribution >= 0.6 is 27.7 Å². The van der Waals surface area contributed by atoms with Gasteiger partial charge in [-0.15, -0.1) is 0 Å². The van der Waals surface area contributed by atoms with E-state index in [2.05, 4.69) is 28.2 Å². The van der Waals surface area contributed by atoms with E-state index in [0.717, 1.165) is 10.4 Å². The Bertz CT molecular complexity index is 289. The first-order valence-electron chi connectivity index (χ1n) is 4.78. The van der Waals surface area contributed by atoms with Gasteiger partial charge >= 0.3 is 0 Å². The zero-order valence-electron chi connectivity index (χ0n) is 8.87. The molecule has 2 N–H and O–H groups in total. The van der Waals surface area contributed by atoms with Crippen molar-refractivity contribution in [2.24, 2.45) is 0 Å². The van der Waals surface area contributed by atoms with E-state index in [-0.39, 0.29) is 17.9 Å². The summed E-state index contributed by atoms with van der Waals surface area (Å²) in [5.74, 6) is 0.895. The minimum atomic E-state index is 0.192. The van der Waals surface area contributed by atoms with Crippen LogP contribution in [-0.2, 0) is 6.54 Å². The number of halogens is 1. The highest BCUT2D eigenvalue weighted by Gasteiger charge is 2.14. The quantitative estimate of drug-likeness (QED) is 0.844. The van der Waals surface area contributed by atoms with Crippen LogP contribution in [0.15, 0.2) is 21.2 Å². The molecule has 0 aromatic carbocycles. The van der Waals surface area contributed by atoms with Gasteiger partial charge in [-0.25, -0.2) is 0 Å². The van der Waals surface area contributed by atoms with Crippen molar-refractivity contribution in [3.8, 4) is 0 Å². The highest BCUT2D eigenvalue weighted by Crippen LogP contribution is 2.15. The van der Waals surface area contributed by atoms with Gasteiger partial charge in [-0.2, -0.15) is 11.8 Å². The molecule has 3 nitrogen and oxygen atoms in total. The van der Waals surface area contributed by atoms with Crippen LogP contribution in [0.2, 0.25) is 0 Å². The Hall–Kier alpha value is 0.0300. The van der Waals surface area contributed by atoms with Crippen molar-refractivity contribution >= 4 is 27.7 Å². The van der Waals surface area contributed by atoms with Gasteiger partial charge in [-0.3, -0.25) is 0 Å². The summed E-state index contributed by atoms with van der Waals surface area (Å²) in [6, 6.07) is 4.06. The predicted molar refractivity (Wildman–Crippen MR) is 67.1 cm³/mol. The van der Waals surface area contributed by atoms with Crippen molar-refractivity contribution < 1.29 is 9.52 Å². The summed E-state index contributed by atoms with van der Waals surface area (Å²) in [5.41, 5.74) is 0. The third kappa shape index (κ3) is 4.18. The van der Waals surface area contributed by atoms with Gasteiger partial charge in [-0.05, 0) is 41.2 Å². The molecular weight excluding hydrogens is 278 g/mol. The van der Waals surface area contributed by atoms with Crippen molar-refractivity contribution in [3.05, 3.63) is 22.6 Å². The molecule has 1 aromatic rings. The molecule has 2 atom stereocenters. The second-order valence-corrected chi connectivity index (χ2v) is 5.19. The van der Waals surface area contributed by atoms with Gasteiger partial charge < -0.3 is 14.8 Å². The van der Waals surface area contributed by atoms with Crippen LogP contribution in [0, 0.1) is 0 Å². The molecule has 15 heavy (non-hydrogen) atoms. The first-order chi connectivity index (χ1) is 7.17. The lowest BCUT2D eigenvalue weighted by Crippen LogP contribution is -2.36. The second kappa shape index (κ2) is 6.58. The fraction of sp³-hybridized carbons (Fsp3) is 0.600. The van der Waals surface area contributed by atoms with Crippen molar-refractivity contribution in [3.63, 3.8) is 0 Å². The van der Waals surface area contributed by atoms with Gasteiger partial charge in [0, 0.05) is 11.3 Å². The number of hydrogen-bond donors (Lipinski definition) is 2. The molecule has 0 amide bonds. The molecule has 5 heteroatoms. The third-order valence-corrected chi connectivity index (χ3v) is 3.86. The molecule has 0 aliphatic rings. The fourth-order valence-corrected chi connectivity index (χ4v) is 2.27. The van der Waals surface area contributed by atoms with Gasteiger partial charge in [0.1, 0.15) is 5.76 Å². The first-order valence-corrected chi connectivity index (χ1v) is 6.86. The maximum absolute atomic E-state index is 9.11. The maximum Gasteiger partial charge on any atom is 0.169 e. The number of aliphatic hydroxyl groups excluding tert-OH is 1. The van der Waals surface area contributed by atoms with E-state index in [1.54, 1.807) is 11.8 Å². The van der Waals surface area contributed by atoms with E-state index in [1.165, 1.54) is 0 Å². The lowest BCUT2D eigenvalue weighted by Gasteiger charge is -2.20. The molecule has 1 rings (SSSR count). The Morgan fingerprint density at radius 1 is 1.60 bits per heavy atom. The predicted octanol–water partition coefficient (Wildman–Crippen LogP) is 2.24. The van der Waals surface area contributed by atoms with Gasteiger partial charge in [0.2, 0.25) is 0 Å². The Labute approximate surface area is 103 Å². The largest absolute Gasteiger partial charge is 0.453 e. The summed E-state index contributed by atoms with van der Waals surface area (Å²) in [5, 5.41) is 12.7. The van der Waals surface area contributed by atoms with Gasteiger partial charge in [0.25, 0.3) is 0 Å². The summed E-state index contributed by atoms with van der Waals surface area (Å²) < 4.78 is 6.11. The molecule has 0 bridgehead atoms. The highest BCUT2D eigenvalue weighted by atomic mass is 79.9. The van der Waals surface area contributed by atoms with E-state index in [9.17, 15) is 0 Å². The van der Waals surface area contributed by atoms with Crippen molar-refractivity contribution in [2.45, 2.75) is 24.8 Å².